The third-order valence-corrected chi connectivity index (χ3v) is 3.63. The summed E-state index contributed by atoms with van der Waals surface area (Å²) in [6, 6.07) is 12.7. The molecule has 3 rings (SSSR count). The smallest absolute Gasteiger partial charge is 0.337 e. The van der Waals surface area contributed by atoms with E-state index in [0.717, 1.165) is 11.1 Å². The number of aromatic amines is 1. The van der Waals surface area contributed by atoms with E-state index >= 15 is 0 Å². The summed E-state index contributed by atoms with van der Waals surface area (Å²) in [5, 5.41) is 9.19. The Labute approximate surface area is 120 Å². The Balaban J connectivity index is 2.18. The number of para-hydroxylation sites is 1. The van der Waals surface area contributed by atoms with E-state index < -0.39 is 5.97 Å². The monoisotopic (exact) mass is 282 g/mol. The molecule has 0 atom stereocenters. The van der Waals surface area contributed by atoms with Crippen molar-refractivity contribution in [3.05, 3.63) is 69.6 Å². The molecule has 5 heteroatoms. The minimum absolute atomic E-state index is 0.105. The highest BCUT2D eigenvalue weighted by atomic mass is 16.4. The lowest BCUT2D eigenvalue weighted by molar-refractivity contribution is 0.0699. The Morgan fingerprint density at radius 1 is 1.19 bits per heavy atom. The second-order valence-corrected chi connectivity index (χ2v) is 4.95. The average molecular weight is 282 g/mol. The summed E-state index contributed by atoms with van der Waals surface area (Å²) in [5.74, 6) is -1.05. The number of aryl methyl sites for hydroxylation is 1. The minimum Gasteiger partial charge on any atom is -0.478 e. The zero-order chi connectivity index (χ0) is 15.0. The highest BCUT2D eigenvalue weighted by Crippen LogP contribution is 2.17. The van der Waals surface area contributed by atoms with E-state index in [-0.39, 0.29) is 11.3 Å². The van der Waals surface area contributed by atoms with E-state index in [1.54, 1.807) is 16.7 Å². The molecule has 106 valence electrons. The molecule has 0 unspecified atom stereocenters. The Morgan fingerprint density at radius 2 is 1.95 bits per heavy atom. The first-order chi connectivity index (χ1) is 10.1. The van der Waals surface area contributed by atoms with Crippen molar-refractivity contribution < 1.29 is 9.90 Å². The summed E-state index contributed by atoms with van der Waals surface area (Å²) in [6.07, 6.45) is 0. The van der Waals surface area contributed by atoms with Crippen LogP contribution in [0.5, 0.6) is 0 Å². The summed E-state index contributed by atoms with van der Waals surface area (Å²) in [4.78, 5) is 26.0. The van der Waals surface area contributed by atoms with Gasteiger partial charge in [-0.1, -0.05) is 30.3 Å². The average Bonchev–Trinajstić information content (AvgIpc) is 2.77. The zero-order valence-electron chi connectivity index (χ0n) is 11.5. The number of hydrogen-bond acceptors (Lipinski definition) is 2. The van der Waals surface area contributed by atoms with Gasteiger partial charge in [0.1, 0.15) is 0 Å². The van der Waals surface area contributed by atoms with Gasteiger partial charge in [-0.25, -0.2) is 9.59 Å². The molecule has 0 aliphatic heterocycles. The molecule has 0 bridgehead atoms. The second kappa shape index (κ2) is 4.94. The second-order valence-electron chi connectivity index (χ2n) is 4.95. The first-order valence-corrected chi connectivity index (χ1v) is 6.57. The van der Waals surface area contributed by atoms with Crippen molar-refractivity contribution in [2.75, 3.05) is 0 Å². The number of hydrogen-bond donors (Lipinski definition) is 2. The van der Waals surface area contributed by atoms with Gasteiger partial charge in [0.25, 0.3) is 0 Å². The van der Waals surface area contributed by atoms with Gasteiger partial charge in [0, 0.05) is 0 Å². The van der Waals surface area contributed by atoms with Crippen molar-refractivity contribution in [2.24, 2.45) is 0 Å². The van der Waals surface area contributed by atoms with Crippen LogP contribution in [0.15, 0.2) is 47.3 Å². The van der Waals surface area contributed by atoms with E-state index in [9.17, 15) is 14.7 Å². The molecule has 0 aliphatic carbocycles. The molecule has 0 fully saturated rings. The van der Waals surface area contributed by atoms with Gasteiger partial charge in [0.2, 0.25) is 0 Å². The number of nitrogens with zero attached hydrogens (tertiary/aromatic N) is 1. The molecule has 2 aromatic carbocycles. The molecule has 5 nitrogen and oxygen atoms in total. The molecular formula is C16H14N2O3. The Kier molecular flexibility index (Phi) is 3.10. The van der Waals surface area contributed by atoms with Gasteiger partial charge < -0.3 is 10.1 Å². The number of carboxylic acid groups (broad SMARTS) is 1. The van der Waals surface area contributed by atoms with Crippen LogP contribution in [-0.2, 0) is 6.54 Å². The SMILES string of the molecule is Cc1ccccc1Cn1c(=O)[nH]c2c(C(=O)O)cccc21. The van der Waals surface area contributed by atoms with Crippen molar-refractivity contribution >= 4 is 17.0 Å². The lowest BCUT2D eigenvalue weighted by atomic mass is 10.1. The third kappa shape index (κ3) is 2.23. The van der Waals surface area contributed by atoms with Crippen LogP contribution in [0.25, 0.3) is 11.0 Å². The first-order valence-electron chi connectivity index (χ1n) is 6.57. The Morgan fingerprint density at radius 3 is 2.67 bits per heavy atom. The molecule has 1 aromatic heterocycles. The van der Waals surface area contributed by atoms with Crippen LogP contribution in [0.2, 0.25) is 0 Å². The number of carbonyl (C=O) groups is 1. The van der Waals surface area contributed by atoms with Gasteiger partial charge in [-0.15, -0.1) is 0 Å². The molecule has 3 aromatic rings. The van der Waals surface area contributed by atoms with Crippen LogP contribution in [0.4, 0.5) is 0 Å². The van der Waals surface area contributed by atoms with Crippen LogP contribution in [-0.4, -0.2) is 20.6 Å². The number of aromatic carboxylic acids is 1. The van der Waals surface area contributed by atoms with Gasteiger partial charge in [-0.05, 0) is 30.2 Å². The largest absolute Gasteiger partial charge is 0.478 e. The van der Waals surface area contributed by atoms with Crippen molar-refractivity contribution in [3.63, 3.8) is 0 Å². The van der Waals surface area contributed by atoms with E-state index in [1.165, 1.54) is 6.07 Å². The fourth-order valence-electron chi connectivity index (χ4n) is 2.47. The Hall–Kier alpha value is -2.82. The topological polar surface area (TPSA) is 75.1 Å². The predicted octanol–water partition coefficient (Wildman–Crippen LogP) is 2.38. The number of aromatic nitrogens is 2. The number of nitrogens with one attached hydrogen (secondary N) is 1. The van der Waals surface area contributed by atoms with E-state index in [0.29, 0.717) is 17.6 Å². The van der Waals surface area contributed by atoms with Gasteiger partial charge >= 0.3 is 11.7 Å². The highest BCUT2D eigenvalue weighted by Gasteiger charge is 2.14. The molecule has 0 aliphatic rings. The van der Waals surface area contributed by atoms with Crippen LogP contribution >= 0.6 is 0 Å². The standard InChI is InChI=1S/C16H14N2O3/c1-10-5-2-3-6-11(10)9-18-13-8-4-7-12(15(19)20)14(13)17-16(18)21/h2-8H,9H2,1H3,(H,17,21)(H,19,20). The third-order valence-electron chi connectivity index (χ3n) is 3.63. The van der Waals surface area contributed by atoms with Gasteiger partial charge in [-0.3, -0.25) is 4.57 Å². The van der Waals surface area contributed by atoms with Crippen molar-refractivity contribution in [2.45, 2.75) is 13.5 Å². The van der Waals surface area contributed by atoms with Crippen molar-refractivity contribution in [3.8, 4) is 0 Å². The van der Waals surface area contributed by atoms with Crippen LogP contribution in [0, 0.1) is 6.92 Å². The lowest BCUT2D eigenvalue weighted by Crippen LogP contribution is -2.17. The van der Waals surface area contributed by atoms with E-state index in [4.69, 9.17) is 0 Å². The van der Waals surface area contributed by atoms with E-state index in [2.05, 4.69) is 4.98 Å². The fourth-order valence-corrected chi connectivity index (χ4v) is 2.47. The van der Waals surface area contributed by atoms with Gasteiger partial charge in [0.15, 0.2) is 0 Å². The van der Waals surface area contributed by atoms with Gasteiger partial charge in [0.05, 0.1) is 23.1 Å². The summed E-state index contributed by atoms with van der Waals surface area (Å²) in [5.41, 5.74) is 2.89. The number of H-pyrrole nitrogens is 1. The molecule has 0 saturated heterocycles. The molecule has 2 N–H and O–H groups in total. The summed E-state index contributed by atoms with van der Waals surface area (Å²) in [6.45, 7) is 2.40. The summed E-state index contributed by atoms with van der Waals surface area (Å²) in [7, 11) is 0. The molecule has 0 saturated carbocycles. The van der Waals surface area contributed by atoms with Crippen LogP contribution in [0.1, 0.15) is 21.5 Å². The number of imidazole rings is 1. The highest BCUT2D eigenvalue weighted by molar-refractivity contribution is 6.00. The predicted molar refractivity (Wildman–Crippen MR) is 79.8 cm³/mol. The summed E-state index contributed by atoms with van der Waals surface area (Å²) < 4.78 is 1.56. The number of fused-ring (bicyclic) bond motifs is 1. The maximum Gasteiger partial charge on any atom is 0.337 e. The number of benzene rings is 2. The molecule has 0 amide bonds. The molecule has 0 radical (unpaired) electrons. The number of carboxylic acids is 1. The van der Waals surface area contributed by atoms with Crippen molar-refractivity contribution in [1.82, 2.24) is 9.55 Å². The molecule has 21 heavy (non-hydrogen) atoms. The van der Waals surface area contributed by atoms with Crippen LogP contribution in [0.3, 0.4) is 0 Å². The molecule has 1 heterocycles. The van der Waals surface area contributed by atoms with E-state index in [1.807, 2.05) is 31.2 Å². The maximum atomic E-state index is 12.1. The lowest BCUT2D eigenvalue weighted by Gasteiger charge is -2.07. The minimum atomic E-state index is -1.05. The van der Waals surface area contributed by atoms with Gasteiger partial charge in [-0.2, -0.15) is 0 Å². The molecule has 0 spiro atoms. The van der Waals surface area contributed by atoms with Crippen LogP contribution < -0.4 is 5.69 Å². The molecular weight excluding hydrogens is 268 g/mol. The zero-order valence-corrected chi connectivity index (χ0v) is 11.5. The Bertz CT molecular complexity index is 890. The summed E-state index contributed by atoms with van der Waals surface area (Å²) >= 11 is 0. The number of rotatable bonds is 3. The quantitative estimate of drug-likeness (QED) is 0.774. The first kappa shape index (κ1) is 13.2. The fraction of sp³-hybridized carbons (Fsp3) is 0.125. The maximum absolute atomic E-state index is 12.1. The normalized spacial score (nSPS) is 10.9. The van der Waals surface area contributed by atoms with Crippen molar-refractivity contribution in [1.29, 1.82) is 0 Å².